The molecule has 0 fully saturated rings. The van der Waals surface area contributed by atoms with Crippen LogP contribution in [0.15, 0.2) is 12.3 Å². The fraction of sp³-hybridized carbons (Fsp3) is 0.444. The molecule has 0 saturated heterocycles. The van der Waals surface area contributed by atoms with Crippen molar-refractivity contribution in [3.05, 3.63) is 17.8 Å². The molecule has 0 aliphatic heterocycles. The molecule has 0 aromatic carbocycles. The summed E-state index contributed by atoms with van der Waals surface area (Å²) in [6.07, 6.45) is 1.50. The van der Waals surface area contributed by atoms with Gasteiger partial charge in [-0.1, -0.05) is 0 Å². The largest absolute Gasteiger partial charge is 0.356 e. The first-order chi connectivity index (χ1) is 6.65. The fourth-order valence-corrected chi connectivity index (χ4v) is 1.21. The lowest BCUT2D eigenvalue weighted by molar-refractivity contribution is 0.707. The van der Waals surface area contributed by atoms with Gasteiger partial charge in [-0.2, -0.15) is 10.4 Å². The number of nitrogens with two attached hydrogens (primary N) is 1. The second-order valence-corrected chi connectivity index (χ2v) is 3.24. The number of hydrogen-bond donors (Lipinski definition) is 1. The van der Waals surface area contributed by atoms with Crippen LogP contribution in [0.2, 0.25) is 0 Å². The third-order valence-electron chi connectivity index (χ3n) is 1.75. The van der Waals surface area contributed by atoms with Crippen LogP contribution in [0.5, 0.6) is 0 Å². The van der Waals surface area contributed by atoms with Crippen LogP contribution in [-0.4, -0.2) is 29.8 Å². The summed E-state index contributed by atoms with van der Waals surface area (Å²) in [5.74, 6) is 0.576. The lowest BCUT2D eigenvalue weighted by atomic mass is 10.2. The standard InChI is InChI=1S/C9H13N5/c1-7(11)6-14(2)9-8(5-10)3-4-12-13-9/h3-4,7H,6,11H2,1-2H3. The van der Waals surface area contributed by atoms with Crippen LogP contribution in [0.3, 0.4) is 0 Å². The molecule has 0 bridgehead atoms. The molecule has 1 aromatic heterocycles. The molecule has 1 unspecified atom stereocenters. The second kappa shape index (κ2) is 4.53. The number of nitrogens with zero attached hydrogens (tertiary/aromatic N) is 4. The SMILES string of the molecule is CC(N)CN(C)c1nnccc1C#N. The van der Waals surface area contributed by atoms with Crippen molar-refractivity contribution in [2.75, 3.05) is 18.5 Å². The summed E-state index contributed by atoms with van der Waals surface area (Å²) in [5, 5.41) is 16.5. The topological polar surface area (TPSA) is 78.8 Å². The Morgan fingerprint density at radius 2 is 2.43 bits per heavy atom. The van der Waals surface area contributed by atoms with E-state index in [-0.39, 0.29) is 6.04 Å². The maximum Gasteiger partial charge on any atom is 0.169 e. The monoisotopic (exact) mass is 191 g/mol. The van der Waals surface area contributed by atoms with Crippen molar-refractivity contribution in [2.24, 2.45) is 5.73 Å². The van der Waals surface area contributed by atoms with Crippen molar-refractivity contribution in [3.63, 3.8) is 0 Å². The Labute approximate surface area is 83.2 Å². The van der Waals surface area contributed by atoms with Gasteiger partial charge < -0.3 is 10.6 Å². The quantitative estimate of drug-likeness (QED) is 0.734. The molecular formula is C9H13N5. The first-order valence-electron chi connectivity index (χ1n) is 4.33. The number of hydrogen-bond acceptors (Lipinski definition) is 5. The number of rotatable bonds is 3. The van der Waals surface area contributed by atoms with E-state index in [1.807, 2.05) is 18.9 Å². The molecule has 5 nitrogen and oxygen atoms in total. The summed E-state index contributed by atoms with van der Waals surface area (Å²) in [4.78, 5) is 1.83. The van der Waals surface area contributed by atoms with Crippen LogP contribution in [0.1, 0.15) is 12.5 Å². The van der Waals surface area contributed by atoms with Crippen LogP contribution < -0.4 is 10.6 Å². The Morgan fingerprint density at radius 1 is 1.71 bits per heavy atom. The van der Waals surface area contributed by atoms with Gasteiger partial charge in [-0.15, -0.1) is 5.10 Å². The molecule has 1 aromatic rings. The van der Waals surface area contributed by atoms with Gasteiger partial charge in [0.1, 0.15) is 6.07 Å². The fourth-order valence-electron chi connectivity index (χ4n) is 1.21. The van der Waals surface area contributed by atoms with Crippen molar-refractivity contribution in [2.45, 2.75) is 13.0 Å². The number of anilines is 1. The summed E-state index contributed by atoms with van der Waals surface area (Å²) < 4.78 is 0. The van der Waals surface area contributed by atoms with E-state index in [0.29, 0.717) is 17.9 Å². The van der Waals surface area contributed by atoms with Gasteiger partial charge in [-0.3, -0.25) is 0 Å². The predicted molar refractivity (Wildman–Crippen MR) is 53.7 cm³/mol. The summed E-state index contributed by atoms with van der Waals surface area (Å²) in [6.45, 7) is 2.55. The molecule has 0 spiro atoms. The van der Waals surface area contributed by atoms with Gasteiger partial charge in [0.15, 0.2) is 5.82 Å². The normalized spacial score (nSPS) is 11.9. The zero-order valence-corrected chi connectivity index (χ0v) is 8.31. The van der Waals surface area contributed by atoms with Crippen molar-refractivity contribution in [1.29, 1.82) is 5.26 Å². The smallest absolute Gasteiger partial charge is 0.169 e. The Balaban J connectivity index is 2.89. The van der Waals surface area contributed by atoms with E-state index in [9.17, 15) is 0 Å². The zero-order chi connectivity index (χ0) is 10.6. The van der Waals surface area contributed by atoms with Crippen LogP contribution in [0.25, 0.3) is 0 Å². The lowest BCUT2D eigenvalue weighted by Crippen LogP contribution is -2.33. The van der Waals surface area contributed by atoms with Gasteiger partial charge in [0.25, 0.3) is 0 Å². The van der Waals surface area contributed by atoms with Crippen LogP contribution in [-0.2, 0) is 0 Å². The molecule has 1 rings (SSSR count). The molecule has 0 amide bonds. The first-order valence-corrected chi connectivity index (χ1v) is 4.33. The Morgan fingerprint density at radius 3 is 3.00 bits per heavy atom. The molecule has 74 valence electrons. The summed E-state index contributed by atoms with van der Waals surface area (Å²) >= 11 is 0. The van der Waals surface area contributed by atoms with Crippen molar-refractivity contribution in [1.82, 2.24) is 10.2 Å². The Hall–Kier alpha value is -1.67. The van der Waals surface area contributed by atoms with E-state index in [1.165, 1.54) is 6.20 Å². The maximum atomic E-state index is 8.83. The van der Waals surface area contributed by atoms with Gasteiger partial charge in [0.05, 0.1) is 11.8 Å². The second-order valence-electron chi connectivity index (χ2n) is 3.24. The zero-order valence-electron chi connectivity index (χ0n) is 8.31. The summed E-state index contributed by atoms with van der Waals surface area (Å²) in [6, 6.07) is 3.74. The van der Waals surface area contributed by atoms with E-state index in [0.717, 1.165) is 0 Å². The Kier molecular flexibility index (Phi) is 3.37. The highest BCUT2D eigenvalue weighted by atomic mass is 15.2. The number of nitriles is 1. The molecular weight excluding hydrogens is 178 g/mol. The molecule has 1 heterocycles. The number of likely N-dealkylation sites (N-methyl/N-ethyl adjacent to an activating group) is 1. The van der Waals surface area contributed by atoms with Crippen LogP contribution in [0, 0.1) is 11.3 Å². The van der Waals surface area contributed by atoms with E-state index in [4.69, 9.17) is 11.0 Å². The average molecular weight is 191 g/mol. The van der Waals surface area contributed by atoms with Gasteiger partial charge in [-0.25, -0.2) is 0 Å². The van der Waals surface area contributed by atoms with Crippen LogP contribution in [0.4, 0.5) is 5.82 Å². The first kappa shape index (κ1) is 10.4. The third-order valence-corrected chi connectivity index (χ3v) is 1.75. The van der Waals surface area contributed by atoms with E-state index in [1.54, 1.807) is 6.07 Å². The highest BCUT2D eigenvalue weighted by Gasteiger charge is 2.09. The van der Waals surface area contributed by atoms with Gasteiger partial charge in [-0.05, 0) is 13.0 Å². The van der Waals surface area contributed by atoms with Gasteiger partial charge >= 0.3 is 0 Å². The van der Waals surface area contributed by atoms with Gasteiger partial charge in [0, 0.05) is 19.6 Å². The number of aromatic nitrogens is 2. The third kappa shape index (κ3) is 2.41. The van der Waals surface area contributed by atoms with E-state index >= 15 is 0 Å². The molecule has 0 aliphatic carbocycles. The average Bonchev–Trinajstić information content (AvgIpc) is 2.16. The van der Waals surface area contributed by atoms with Crippen LogP contribution >= 0.6 is 0 Å². The molecule has 0 aliphatic rings. The van der Waals surface area contributed by atoms with Gasteiger partial charge in [0.2, 0.25) is 0 Å². The maximum absolute atomic E-state index is 8.83. The minimum Gasteiger partial charge on any atom is -0.356 e. The van der Waals surface area contributed by atoms with E-state index < -0.39 is 0 Å². The molecule has 5 heteroatoms. The minimum atomic E-state index is 0.0357. The Bertz CT molecular complexity index is 341. The lowest BCUT2D eigenvalue weighted by Gasteiger charge is -2.20. The highest BCUT2D eigenvalue weighted by Crippen LogP contribution is 2.12. The van der Waals surface area contributed by atoms with Crippen molar-refractivity contribution in [3.8, 4) is 6.07 Å². The molecule has 14 heavy (non-hydrogen) atoms. The van der Waals surface area contributed by atoms with Crippen molar-refractivity contribution >= 4 is 5.82 Å². The molecule has 2 N–H and O–H groups in total. The summed E-state index contributed by atoms with van der Waals surface area (Å²) in [7, 11) is 1.84. The molecule has 0 saturated carbocycles. The highest BCUT2D eigenvalue weighted by molar-refractivity contribution is 5.51. The minimum absolute atomic E-state index is 0.0357. The molecule has 0 radical (unpaired) electrons. The van der Waals surface area contributed by atoms with E-state index in [2.05, 4.69) is 16.3 Å². The summed E-state index contributed by atoms with van der Waals surface area (Å²) in [5.41, 5.74) is 6.17. The molecule has 1 atom stereocenters. The predicted octanol–water partition coefficient (Wildman–Crippen LogP) is 0.132. The van der Waals surface area contributed by atoms with Crippen molar-refractivity contribution < 1.29 is 0 Å².